The Morgan fingerprint density at radius 1 is 1.19 bits per heavy atom. The van der Waals surface area contributed by atoms with Crippen molar-refractivity contribution in [1.82, 2.24) is 10.2 Å². The number of anilines is 1. The third kappa shape index (κ3) is 2.10. The van der Waals surface area contributed by atoms with Crippen molar-refractivity contribution in [2.45, 2.75) is 0 Å². The molecule has 0 amide bonds. The number of halogens is 2. The number of nitrogens with two attached hydrogens (primary N) is 1. The first-order valence-electron chi connectivity index (χ1n) is 4.46. The van der Waals surface area contributed by atoms with Crippen molar-refractivity contribution in [2.24, 2.45) is 5.84 Å². The molecule has 16 heavy (non-hydrogen) atoms. The Balaban J connectivity index is 2.38. The van der Waals surface area contributed by atoms with Gasteiger partial charge in [-0.05, 0) is 30.3 Å². The van der Waals surface area contributed by atoms with Gasteiger partial charge in [0.05, 0.1) is 10.7 Å². The van der Waals surface area contributed by atoms with Crippen LogP contribution in [0.25, 0.3) is 11.3 Å². The first-order chi connectivity index (χ1) is 7.70. The molecule has 3 N–H and O–H groups in total. The lowest BCUT2D eigenvalue weighted by atomic mass is 10.1. The molecule has 1 aromatic heterocycles. The normalized spacial score (nSPS) is 10.2. The number of hydrogen-bond acceptors (Lipinski definition) is 4. The second-order valence-electron chi connectivity index (χ2n) is 3.08. The Morgan fingerprint density at radius 3 is 2.56 bits per heavy atom. The van der Waals surface area contributed by atoms with Crippen LogP contribution in [-0.2, 0) is 0 Å². The number of aromatic nitrogens is 2. The van der Waals surface area contributed by atoms with E-state index in [1.807, 2.05) is 0 Å². The maximum atomic E-state index is 12.9. The fourth-order valence-electron chi connectivity index (χ4n) is 1.22. The van der Waals surface area contributed by atoms with Gasteiger partial charge < -0.3 is 5.43 Å². The number of benzene rings is 1. The summed E-state index contributed by atoms with van der Waals surface area (Å²) in [5.41, 5.74) is 3.66. The van der Waals surface area contributed by atoms with Gasteiger partial charge in [-0.3, -0.25) is 0 Å². The minimum atomic E-state index is -0.460. The molecule has 0 aliphatic carbocycles. The van der Waals surface area contributed by atoms with Crippen molar-refractivity contribution >= 4 is 17.4 Å². The summed E-state index contributed by atoms with van der Waals surface area (Å²) >= 11 is 5.67. The third-order valence-corrected chi connectivity index (χ3v) is 2.32. The van der Waals surface area contributed by atoms with E-state index in [2.05, 4.69) is 15.6 Å². The predicted octanol–water partition coefficient (Wildman–Crippen LogP) is 2.22. The molecule has 2 rings (SSSR count). The van der Waals surface area contributed by atoms with E-state index in [1.54, 1.807) is 18.2 Å². The van der Waals surface area contributed by atoms with E-state index in [1.165, 1.54) is 12.1 Å². The Bertz CT molecular complexity index is 501. The number of hydrogen-bond donors (Lipinski definition) is 2. The predicted molar refractivity (Wildman–Crippen MR) is 60.2 cm³/mol. The average molecular weight is 239 g/mol. The fourth-order valence-corrected chi connectivity index (χ4v) is 1.40. The van der Waals surface area contributed by atoms with Gasteiger partial charge in [0.25, 0.3) is 0 Å². The molecule has 0 bridgehead atoms. The van der Waals surface area contributed by atoms with Gasteiger partial charge in [0.2, 0.25) is 0 Å². The summed E-state index contributed by atoms with van der Waals surface area (Å²) in [5.74, 6) is 5.16. The maximum absolute atomic E-state index is 12.9. The molecular weight excluding hydrogens is 231 g/mol. The molecule has 4 nitrogen and oxygen atoms in total. The summed E-state index contributed by atoms with van der Waals surface area (Å²) in [6.07, 6.45) is 0. The van der Waals surface area contributed by atoms with Crippen molar-refractivity contribution in [3.63, 3.8) is 0 Å². The summed E-state index contributed by atoms with van der Waals surface area (Å²) in [5, 5.41) is 7.78. The standard InChI is InChI=1S/C10H8ClFN4/c11-7-5-6(1-2-8(7)12)9-3-4-10(14-13)16-15-9/h1-5H,13H2,(H,14,16). The van der Waals surface area contributed by atoms with E-state index in [4.69, 9.17) is 17.4 Å². The van der Waals surface area contributed by atoms with Crippen LogP contribution < -0.4 is 11.3 Å². The Hall–Kier alpha value is -1.72. The molecular formula is C10H8ClFN4. The minimum Gasteiger partial charge on any atom is -0.307 e. The summed E-state index contributed by atoms with van der Waals surface area (Å²) < 4.78 is 12.9. The van der Waals surface area contributed by atoms with Crippen LogP contribution in [0, 0.1) is 5.82 Å². The van der Waals surface area contributed by atoms with E-state index in [9.17, 15) is 4.39 Å². The second kappa shape index (κ2) is 4.42. The van der Waals surface area contributed by atoms with Crippen LogP contribution in [0.4, 0.5) is 10.2 Å². The highest BCUT2D eigenvalue weighted by atomic mass is 35.5. The quantitative estimate of drug-likeness (QED) is 0.622. The number of rotatable bonds is 2. The summed E-state index contributed by atoms with van der Waals surface area (Å²) in [6.45, 7) is 0. The molecule has 2 aromatic rings. The highest BCUT2D eigenvalue weighted by Crippen LogP contribution is 2.23. The largest absolute Gasteiger partial charge is 0.307 e. The van der Waals surface area contributed by atoms with Crippen LogP contribution in [0.5, 0.6) is 0 Å². The molecule has 6 heteroatoms. The topological polar surface area (TPSA) is 63.8 Å². The number of nitrogens with one attached hydrogen (secondary N) is 1. The SMILES string of the molecule is NNc1ccc(-c2ccc(F)c(Cl)c2)nn1. The Kier molecular flexibility index (Phi) is 2.98. The van der Waals surface area contributed by atoms with E-state index in [0.717, 1.165) is 0 Å². The molecule has 0 atom stereocenters. The van der Waals surface area contributed by atoms with Crippen LogP contribution in [0.15, 0.2) is 30.3 Å². The zero-order valence-electron chi connectivity index (χ0n) is 8.11. The first kappa shape index (κ1) is 10.8. The number of nitrogens with zero attached hydrogens (tertiary/aromatic N) is 2. The minimum absolute atomic E-state index is 0.0559. The van der Waals surface area contributed by atoms with Crippen molar-refractivity contribution < 1.29 is 4.39 Å². The average Bonchev–Trinajstić information content (AvgIpc) is 2.33. The van der Waals surface area contributed by atoms with Crippen LogP contribution in [0.1, 0.15) is 0 Å². The lowest BCUT2D eigenvalue weighted by Crippen LogP contribution is -2.08. The highest BCUT2D eigenvalue weighted by molar-refractivity contribution is 6.31. The molecule has 0 saturated carbocycles. The van der Waals surface area contributed by atoms with Crippen LogP contribution in [-0.4, -0.2) is 10.2 Å². The van der Waals surface area contributed by atoms with Crippen molar-refractivity contribution in [2.75, 3.05) is 5.43 Å². The molecule has 0 radical (unpaired) electrons. The summed E-state index contributed by atoms with van der Waals surface area (Å²) in [4.78, 5) is 0. The van der Waals surface area contributed by atoms with Gasteiger partial charge in [0.1, 0.15) is 5.82 Å². The zero-order chi connectivity index (χ0) is 11.5. The lowest BCUT2D eigenvalue weighted by Gasteiger charge is -2.02. The van der Waals surface area contributed by atoms with Crippen LogP contribution in [0.2, 0.25) is 5.02 Å². The molecule has 0 saturated heterocycles. The van der Waals surface area contributed by atoms with Crippen molar-refractivity contribution in [3.8, 4) is 11.3 Å². The molecule has 1 heterocycles. The van der Waals surface area contributed by atoms with Crippen LogP contribution in [0.3, 0.4) is 0 Å². The fraction of sp³-hybridized carbons (Fsp3) is 0. The smallest absolute Gasteiger partial charge is 0.162 e. The highest BCUT2D eigenvalue weighted by Gasteiger charge is 2.04. The van der Waals surface area contributed by atoms with E-state index in [-0.39, 0.29) is 5.02 Å². The molecule has 0 fully saturated rings. The van der Waals surface area contributed by atoms with Crippen LogP contribution >= 0.6 is 11.6 Å². The Morgan fingerprint density at radius 2 is 2.00 bits per heavy atom. The van der Waals surface area contributed by atoms with Gasteiger partial charge in [-0.15, -0.1) is 10.2 Å². The van der Waals surface area contributed by atoms with Gasteiger partial charge in [-0.25, -0.2) is 10.2 Å². The number of nitrogen functional groups attached to an aromatic ring is 1. The second-order valence-corrected chi connectivity index (χ2v) is 3.48. The van der Waals surface area contributed by atoms with Gasteiger partial charge >= 0.3 is 0 Å². The summed E-state index contributed by atoms with van der Waals surface area (Å²) in [7, 11) is 0. The molecule has 0 aliphatic heterocycles. The third-order valence-electron chi connectivity index (χ3n) is 2.03. The van der Waals surface area contributed by atoms with Gasteiger partial charge in [0, 0.05) is 5.56 Å². The molecule has 0 spiro atoms. The zero-order valence-corrected chi connectivity index (χ0v) is 8.87. The van der Waals surface area contributed by atoms with Gasteiger partial charge in [-0.2, -0.15) is 0 Å². The van der Waals surface area contributed by atoms with E-state index < -0.39 is 5.82 Å². The monoisotopic (exact) mass is 238 g/mol. The summed E-state index contributed by atoms with van der Waals surface area (Å²) in [6, 6.07) is 7.75. The Labute approximate surface area is 96.2 Å². The van der Waals surface area contributed by atoms with Gasteiger partial charge in [-0.1, -0.05) is 11.6 Å². The van der Waals surface area contributed by atoms with E-state index >= 15 is 0 Å². The first-order valence-corrected chi connectivity index (χ1v) is 4.84. The van der Waals surface area contributed by atoms with Crippen molar-refractivity contribution in [1.29, 1.82) is 0 Å². The maximum Gasteiger partial charge on any atom is 0.162 e. The number of hydrazine groups is 1. The molecule has 1 aromatic carbocycles. The molecule has 0 unspecified atom stereocenters. The van der Waals surface area contributed by atoms with Crippen molar-refractivity contribution in [3.05, 3.63) is 41.2 Å². The van der Waals surface area contributed by atoms with E-state index in [0.29, 0.717) is 17.1 Å². The molecule has 0 aliphatic rings. The molecule has 82 valence electrons. The lowest BCUT2D eigenvalue weighted by molar-refractivity contribution is 0.628. The van der Waals surface area contributed by atoms with Gasteiger partial charge in [0.15, 0.2) is 5.82 Å².